The van der Waals surface area contributed by atoms with E-state index in [1.807, 2.05) is 48.5 Å². The molecule has 3 aromatic rings. The molecule has 0 aromatic heterocycles. The Balaban J connectivity index is 1.55. The molecule has 1 fully saturated rings. The second kappa shape index (κ2) is 10.2. The Kier molecular flexibility index (Phi) is 7.00. The van der Waals surface area contributed by atoms with E-state index in [4.69, 9.17) is 27.9 Å². The molecule has 1 saturated carbocycles. The molecule has 3 aromatic carbocycles. The average molecular weight is 529 g/mol. The fourth-order valence-electron chi connectivity index (χ4n) is 5.56. The number of halogens is 3. The average Bonchev–Trinajstić information content (AvgIpc) is 3.27. The van der Waals surface area contributed by atoms with Gasteiger partial charge in [-0.1, -0.05) is 66.7 Å². The molecular formula is C28H27Cl2FN2O3. The molecule has 0 amide bonds. The van der Waals surface area contributed by atoms with Gasteiger partial charge in [-0.25, -0.2) is 9.18 Å². The number of para-hydroxylation sites is 2. The van der Waals surface area contributed by atoms with Gasteiger partial charge in [0.15, 0.2) is 11.6 Å². The fraction of sp³-hybridized carbons (Fsp3) is 0.321. The highest BCUT2D eigenvalue weighted by molar-refractivity contribution is 6.32. The lowest BCUT2D eigenvalue weighted by Gasteiger charge is -2.44. The Morgan fingerprint density at radius 3 is 2.25 bits per heavy atom. The predicted octanol–water partition coefficient (Wildman–Crippen LogP) is 7.80. The van der Waals surface area contributed by atoms with Crippen LogP contribution in [-0.2, 0) is 5.66 Å². The summed E-state index contributed by atoms with van der Waals surface area (Å²) in [5.74, 6) is -1.99. The smallest absolute Gasteiger partial charge is 0.335 e. The molecule has 8 heteroatoms. The number of nitrogens with one attached hydrogen (secondary N) is 2. The standard InChI is InChI=1S/C28H27Cl2FN2O3/c29-20-12-10-19(11-13-20)28(32-24-8-4-5-9-25(24)33-28)21(17-6-2-1-3-7-17)16-36-26-22(30)14-18(27(34)35)15-23(26)31/h4-5,8-15,17,21,32-33H,1-3,6-7,16H2,(H,34,35). The predicted molar refractivity (Wildman–Crippen MR) is 141 cm³/mol. The lowest BCUT2D eigenvalue weighted by molar-refractivity contribution is 0.0696. The summed E-state index contributed by atoms with van der Waals surface area (Å²) in [6.07, 6.45) is 5.48. The SMILES string of the molecule is O=C(O)c1cc(F)c(OCC(C2CCCCC2)C2(c3ccc(Cl)cc3)Nc3ccccc3N2)c(Cl)c1. The first-order chi connectivity index (χ1) is 17.4. The Hall–Kier alpha value is -2.96. The lowest BCUT2D eigenvalue weighted by Crippen LogP contribution is -2.51. The summed E-state index contributed by atoms with van der Waals surface area (Å²) in [5, 5.41) is 17.3. The number of carboxylic acids is 1. The zero-order valence-corrected chi connectivity index (χ0v) is 21.1. The molecule has 1 heterocycles. The molecule has 0 radical (unpaired) electrons. The fourth-order valence-corrected chi connectivity index (χ4v) is 5.95. The van der Waals surface area contributed by atoms with Gasteiger partial charge in [-0.3, -0.25) is 0 Å². The summed E-state index contributed by atoms with van der Waals surface area (Å²) in [4.78, 5) is 11.3. The van der Waals surface area contributed by atoms with Crippen LogP contribution in [0.5, 0.6) is 5.75 Å². The maximum Gasteiger partial charge on any atom is 0.335 e. The number of hydrogen-bond donors (Lipinski definition) is 3. The van der Waals surface area contributed by atoms with Gasteiger partial charge in [-0.2, -0.15) is 0 Å². The van der Waals surface area contributed by atoms with E-state index in [2.05, 4.69) is 10.6 Å². The van der Waals surface area contributed by atoms with Crippen LogP contribution in [0, 0.1) is 17.7 Å². The van der Waals surface area contributed by atoms with Gasteiger partial charge in [0, 0.05) is 10.9 Å². The summed E-state index contributed by atoms with van der Waals surface area (Å²) in [6.45, 7) is 0.171. The van der Waals surface area contributed by atoms with Crippen molar-refractivity contribution in [3.63, 3.8) is 0 Å². The van der Waals surface area contributed by atoms with E-state index in [-0.39, 0.29) is 28.9 Å². The molecule has 1 unspecified atom stereocenters. The highest BCUT2D eigenvalue weighted by Gasteiger charge is 2.48. The molecule has 0 bridgehead atoms. The summed E-state index contributed by atoms with van der Waals surface area (Å²) < 4.78 is 21.0. The zero-order valence-electron chi connectivity index (χ0n) is 19.6. The molecule has 36 heavy (non-hydrogen) atoms. The first kappa shape index (κ1) is 24.7. The number of ether oxygens (including phenoxy) is 1. The maximum atomic E-state index is 14.9. The van der Waals surface area contributed by atoms with E-state index in [1.54, 1.807) is 0 Å². The van der Waals surface area contributed by atoms with Crippen LogP contribution in [0.4, 0.5) is 15.8 Å². The first-order valence-electron chi connectivity index (χ1n) is 12.1. The number of benzene rings is 3. The molecule has 0 spiro atoms. The number of aromatic carboxylic acids is 1. The highest BCUT2D eigenvalue weighted by atomic mass is 35.5. The van der Waals surface area contributed by atoms with Gasteiger partial charge in [0.25, 0.3) is 0 Å². The number of fused-ring (bicyclic) bond motifs is 1. The van der Waals surface area contributed by atoms with Crippen LogP contribution >= 0.6 is 23.2 Å². The van der Waals surface area contributed by atoms with Crippen LogP contribution in [-0.4, -0.2) is 17.7 Å². The molecule has 1 aliphatic carbocycles. The van der Waals surface area contributed by atoms with Gasteiger partial charge >= 0.3 is 5.97 Å². The molecule has 1 aliphatic heterocycles. The van der Waals surface area contributed by atoms with Crippen molar-refractivity contribution < 1.29 is 19.0 Å². The Bertz CT molecular complexity index is 1210. The van der Waals surface area contributed by atoms with Crippen molar-refractivity contribution in [3.05, 3.63) is 87.7 Å². The van der Waals surface area contributed by atoms with Crippen molar-refractivity contribution in [3.8, 4) is 5.75 Å². The van der Waals surface area contributed by atoms with Gasteiger partial charge in [0.1, 0.15) is 5.66 Å². The molecule has 3 N–H and O–H groups in total. The normalized spacial score (nSPS) is 17.5. The van der Waals surface area contributed by atoms with Crippen molar-refractivity contribution in [2.24, 2.45) is 11.8 Å². The summed E-state index contributed by atoms with van der Waals surface area (Å²) in [5.41, 5.74) is 2.00. The monoisotopic (exact) mass is 528 g/mol. The zero-order chi connectivity index (χ0) is 25.3. The van der Waals surface area contributed by atoms with Gasteiger partial charge in [-0.05, 0) is 60.7 Å². The van der Waals surface area contributed by atoms with Crippen LogP contribution in [0.25, 0.3) is 0 Å². The van der Waals surface area contributed by atoms with Gasteiger partial charge in [0.05, 0.1) is 28.6 Å². The van der Waals surface area contributed by atoms with E-state index in [0.29, 0.717) is 10.9 Å². The second-order valence-corrected chi connectivity index (χ2v) is 10.3. The van der Waals surface area contributed by atoms with Gasteiger partial charge < -0.3 is 20.5 Å². The number of rotatable bonds is 7. The molecule has 5 nitrogen and oxygen atoms in total. The van der Waals surface area contributed by atoms with Crippen molar-refractivity contribution in [1.82, 2.24) is 0 Å². The van der Waals surface area contributed by atoms with E-state index >= 15 is 0 Å². The number of carboxylic acid groups (broad SMARTS) is 1. The maximum absolute atomic E-state index is 14.9. The third kappa shape index (κ3) is 4.72. The van der Waals surface area contributed by atoms with E-state index in [0.717, 1.165) is 48.7 Å². The molecular weight excluding hydrogens is 502 g/mol. The molecule has 1 atom stereocenters. The van der Waals surface area contributed by atoms with Gasteiger partial charge in [-0.15, -0.1) is 0 Å². The van der Waals surface area contributed by atoms with Crippen LogP contribution in [0.3, 0.4) is 0 Å². The summed E-state index contributed by atoms with van der Waals surface area (Å²) >= 11 is 12.5. The van der Waals surface area contributed by atoms with E-state index in [1.165, 1.54) is 12.5 Å². The minimum atomic E-state index is -1.25. The molecule has 2 aliphatic rings. The minimum absolute atomic E-state index is 0.0639. The minimum Gasteiger partial charge on any atom is -0.488 e. The molecule has 188 valence electrons. The van der Waals surface area contributed by atoms with Crippen LogP contribution in [0.1, 0.15) is 48.0 Å². The molecule has 5 rings (SSSR count). The van der Waals surface area contributed by atoms with Crippen molar-refractivity contribution in [1.29, 1.82) is 0 Å². The van der Waals surface area contributed by atoms with Crippen molar-refractivity contribution >= 4 is 40.5 Å². The van der Waals surface area contributed by atoms with Gasteiger partial charge in [0.2, 0.25) is 0 Å². The highest BCUT2D eigenvalue weighted by Crippen LogP contribution is 2.49. The van der Waals surface area contributed by atoms with E-state index in [9.17, 15) is 14.3 Å². The first-order valence-corrected chi connectivity index (χ1v) is 12.9. The van der Waals surface area contributed by atoms with Crippen LogP contribution in [0.2, 0.25) is 10.0 Å². The third-order valence-electron chi connectivity index (χ3n) is 7.32. The third-order valence-corrected chi connectivity index (χ3v) is 7.85. The Morgan fingerprint density at radius 2 is 1.67 bits per heavy atom. The van der Waals surface area contributed by atoms with E-state index < -0.39 is 17.4 Å². The summed E-state index contributed by atoms with van der Waals surface area (Å²) in [6, 6.07) is 17.9. The van der Waals surface area contributed by atoms with Crippen LogP contribution in [0.15, 0.2) is 60.7 Å². The topological polar surface area (TPSA) is 70.6 Å². The lowest BCUT2D eigenvalue weighted by atomic mass is 9.72. The van der Waals surface area contributed by atoms with Crippen LogP contribution < -0.4 is 15.4 Å². The quantitative estimate of drug-likeness (QED) is 0.291. The largest absolute Gasteiger partial charge is 0.488 e. The number of hydrogen-bond acceptors (Lipinski definition) is 4. The molecule has 0 saturated heterocycles. The number of carbonyl (C=O) groups is 1. The second-order valence-electron chi connectivity index (χ2n) is 9.50. The number of anilines is 2. The summed E-state index contributed by atoms with van der Waals surface area (Å²) in [7, 11) is 0. The Labute approximate surface area is 219 Å². The van der Waals surface area contributed by atoms with Crippen molar-refractivity contribution in [2.75, 3.05) is 17.2 Å². The Morgan fingerprint density at radius 1 is 1.03 bits per heavy atom. The van der Waals surface area contributed by atoms with Crippen molar-refractivity contribution in [2.45, 2.75) is 37.8 Å².